The Kier molecular flexibility index (Phi) is 4.64. The zero-order valence-corrected chi connectivity index (χ0v) is 13.3. The molecule has 0 aliphatic carbocycles. The van der Waals surface area contributed by atoms with Gasteiger partial charge in [-0.25, -0.2) is 4.39 Å². The van der Waals surface area contributed by atoms with Crippen LogP contribution in [-0.2, 0) is 0 Å². The van der Waals surface area contributed by atoms with Gasteiger partial charge in [0.05, 0.1) is 4.88 Å². The van der Waals surface area contributed by atoms with E-state index in [4.69, 9.17) is 5.11 Å². The number of aliphatic hydroxyl groups excluding tert-OH is 1. The third-order valence-electron chi connectivity index (χ3n) is 3.47. The topological polar surface area (TPSA) is 49.3 Å². The number of thiophene rings is 1. The standard InChI is InChI=1S/C16H20FNO2S/c1-16(2,3)14(6-7-19)18-15(20)13-8-10-4-5-11(17)9-12(10)21-13/h4-5,8-9,14,19H,6-7H2,1-3H3,(H,18,20). The number of carbonyl (C=O) groups excluding carboxylic acids is 1. The molecule has 1 aromatic carbocycles. The maximum absolute atomic E-state index is 13.2. The molecule has 1 unspecified atom stereocenters. The summed E-state index contributed by atoms with van der Waals surface area (Å²) in [7, 11) is 0. The van der Waals surface area contributed by atoms with Crippen molar-refractivity contribution in [2.45, 2.75) is 33.2 Å². The van der Waals surface area contributed by atoms with Crippen molar-refractivity contribution in [2.75, 3.05) is 6.61 Å². The molecule has 2 N–H and O–H groups in total. The smallest absolute Gasteiger partial charge is 0.261 e. The first kappa shape index (κ1) is 15.9. The Bertz CT molecular complexity index is 645. The van der Waals surface area contributed by atoms with Crippen LogP contribution in [0.25, 0.3) is 10.1 Å². The quantitative estimate of drug-likeness (QED) is 0.907. The van der Waals surface area contributed by atoms with E-state index >= 15 is 0 Å². The van der Waals surface area contributed by atoms with Crippen LogP contribution in [0.2, 0.25) is 0 Å². The molecular formula is C16H20FNO2S. The van der Waals surface area contributed by atoms with Crippen LogP contribution in [0.15, 0.2) is 24.3 Å². The highest BCUT2D eigenvalue weighted by Crippen LogP contribution is 2.27. The van der Waals surface area contributed by atoms with E-state index in [1.165, 1.54) is 23.5 Å². The predicted octanol–water partition coefficient (Wildman–Crippen LogP) is 3.57. The van der Waals surface area contributed by atoms with Gasteiger partial charge in [0.15, 0.2) is 0 Å². The molecule has 1 amide bonds. The van der Waals surface area contributed by atoms with Crippen molar-refractivity contribution in [3.05, 3.63) is 35.0 Å². The zero-order chi connectivity index (χ0) is 15.6. The Hall–Kier alpha value is -1.46. The Morgan fingerprint density at radius 3 is 2.71 bits per heavy atom. The lowest BCUT2D eigenvalue weighted by Gasteiger charge is -2.30. The summed E-state index contributed by atoms with van der Waals surface area (Å²) in [6.07, 6.45) is 0.509. The van der Waals surface area contributed by atoms with E-state index in [-0.39, 0.29) is 29.8 Å². The molecule has 3 nitrogen and oxygen atoms in total. The Morgan fingerprint density at radius 1 is 1.38 bits per heavy atom. The summed E-state index contributed by atoms with van der Waals surface area (Å²) in [5, 5.41) is 13.0. The average Bonchev–Trinajstić information content (AvgIpc) is 2.80. The largest absolute Gasteiger partial charge is 0.396 e. The first-order chi connectivity index (χ1) is 9.81. The number of hydrogen-bond donors (Lipinski definition) is 2. The van der Waals surface area contributed by atoms with Gasteiger partial charge >= 0.3 is 0 Å². The highest BCUT2D eigenvalue weighted by atomic mass is 32.1. The van der Waals surface area contributed by atoms with E-state index in [1.807, 2.05) is 20.8 Å². The second-order valence-electron chi connectivity index (χ2n) is 6.20. The van der Waals surface area contributed by atoms with Crippen molar-refractivity contribution in [1.82, 2.24) is 5.32 Å². The summed E-state index contributed by atoms with van der Waals surface area (Å²) >= 11 is 1.28. The molecule has 21 heavy (non-hydrogen) atoms. The first-order valence-electron chi connectivity index (χ1n) is 6.92. The lowest BCUT2D eigenvalue weighted by molar-refractivity contribution is 0.0889. The zero-order valence-electron chi connectivity index (χ0n) is 12.4. The van der Waals surface area contributed by atoms with Crippen LogP contribution in [0.5, 0.6) is 0 Å². The molecule has 0 bridgehead atoms. The van der Waals surface area contributed by atoms with Gasteiger partial charge in [0.2, 0.25) is 0 Å². The van der Waals surface area contributed by atoms with Gasteiger partial charge in [-0.3, -0.25) is 4.79 Å². The van der Waals surface area contributed by atoms with Crippen LogP contribution in [0.4, 0.5) is 4.39 Å². The molecule has 5 heteroatoms. The molecule has 1 atom stereocenters. The van der Waals surface area contributed by atoms with Crippen LogP contribution in [0.3, 0.4) is 0 Å². The van der Waals surface area contributed by atoms with Crippen molar-refractivity contribution in [2.24, 2.45) is 5.41 Å². The molecule has 0 saturated heterocycles. The fourth-order valence-corrected chi connectivity index (χ4v) is 3.19. The molecule has 0 spiro atoms. The number of fused-ring (bicyclic) bond motifs is 1. The third kappa shape index (κ3) is 3.80. The molecule has 0 fully saturated rings. The third-order valence-corrected chi connectivity index (χ3v) is 4.57. The number of carbonyl (C=O) groups is 1. The summed E-state index contributed by atoms with van der Waals surface area (Å²) in [4.78, 5) is 12.9. The van der Waals surface area contributed by atoms with Gasteiger partial charge in [0, 0.05) is 17.3 Å². The van der Waals surface area contributed by atoms with E-state index in [0.717, 1.165) is 10.1 Å². The fraction of sp³-hybridized carbons (Fsp3) is 0.438. The summed E-state index contributed by atoms with van der Waals surface area (Å²) in [6.45, 7) is 6.09. The molecule has 0 radical (unpaired) electrons. The molecule has 2 aromatic rings. The van der Waals surface area contributed by atoms with Gasteiger partial charge in [-0.05, 0) is 35.4 Å². The van der Waals surface area contributed by atoms with Gasteiger partial charge in [-0.2, -0.15) is 0 Å². The maximum Gasteiger partial charge on any atom is 0.261 e. The van der Waals surface area contributed by atoms with E-state index in [0.29, 0.717) is 11.3 Å². The molecule has 0 aliphatic heterocycles. The second kappa shape index (κ2) is 6.12. The Morgan fingerprint density at radius 2 is 2.10 bits per heavy atom. The van der Waals surface area contributed by atoms with Gasteiger partial charge in [0.1, 0.15) is 5.82 Å². The van der Waals surface area contributed by atoms with E-state index < -0.39 is 0 Å². The lowest BCUT2D eigenvalue weighted by Crippen LogP contribution is -2.44. The summed E-state index contributed by atoms with van der Waals surface area (Å²) in [5.41, 5.74) is -0.138. The maximum atomic E-state index is 13.2. The predicted molar refractivity (Wildman–Crippen MR) is 84.2 cm³/mol. The van der Waals surface area contributed by atoms with E-state index in [9.17, 15) is 9.18 Å². The molecular weight excluding hydrogens is 289 g/mol. The molecule has 1 heterocycles. The van der Waals surface area contributed by atoms with Crippen LogP contribution in [-0.4, -0.2) is 23.7 Å². The number of nitrogens with one attached hydrogen (secondary N) is 1. The first-order valence-corrected chi connectivity index (χ1v) is 7.74. The lowest BCUT2D eigenvalue weighted by atomic mass is 9.85. The normalized spacial score (nSPS) is 13.4. The number of benzene rings is 1. The minimum atomic E-state index is -0.302. The van der Waals surface area contributed by atoms with E-state index in [1.54, 1.807) is 12.1 Å². The highest BCUT2D eigenvalue weighted by molar-refractivity contribution is 7.20. The van der Waals surface area contributed by atoms with Gasteiger partial charge in [-0.1, -0.05) is 26.8 Å². The Labute approximate surface area is 127 Å². The fourth-order valence-electron chi connectivity index (χ4n) is 2.20. The average molecular weight is 309 g/mol. The molecule has 0 aliphatic rings. The van der Waals surface area contributed by atoms with Crippen molar-refractivity contribution < 1.29 is 14.3 Å². The summed E-state index contributed by atoms with van der Waals surface area (Å²) in [6, 6.07) is 6.16. The van der Waals surface area contributed by atoms with Gasteiger partial charge in [-0.15, -0.1) is 11.3 Å². The molecule has 0 saturated carbocycles. The number of amides is 1. The number of hydrogen-bond acceptors (Lipinski definition) is 3. The van der Waals surface area contributed by atoms with Crippen molar-refractivity contribution in [1.29, 1.82) is 0 Å². The monoisotopic (exact) mass is 309 g/mol. The van der Waals surface area contributed by atoms with Gasteiger partial charge < -0.3 is 10.4 Å². The van der Waals surface area contributed by atoms with E-state index in [2.05, 4.69) is 5.32 Å². The molecule has 1 aromatic heterocycles. The van der Waals surface area contributed by atoms with Crippen LogP contribution < -0.4 is 5.32 Å². The van der Waals surface area contributed by atoms with Crippen molar-refractivity contribution in [3.8, 4) is 0 Å². The number of aliphatic hydroxyl groups is 1. The minimum Gasteiger partial charge on any atom is -0.396 e. The van der Waals surface area contributed by atoms with Crippen LogP contribution in [0, 0.1) is 11.2 Å². The van der Waals surface area contributed by atoms with Crippen LogP contribution in [0.1, 0.15) is 36.9 Å². The highest BCUT2D eigenvalue weighted by Gasteiger charge is 2.26. The Balaban J connectivity index is 2.21. The SMILES string of the molecule is CC(C)(C)C(CCO)NC(=O)c1cc2ccc(F)cc2s1. The van der Waals surface area contributed by atoms with Crippen LogP contribution >= 0.6 is 11.3 Å². The number of halogens is 1. The summed E-state index contributed by atoms with van der Waals surface area (Å²) < 4.78 is 14.0. The van der Waals surface area contributed by atoms with Crippen molar-refractivity contribution >= 4 is 27.3 Å². The van der Waals surface area contributed by atoms with Gasteiger partial charge in [0.25, 0.3) is 5.91 Å². The molecule has 114 valence electrons. The number of rotatable bonds is 4. The summed E-state index contributed by atoms with van der Waals surface area (Å²) in [5.74, 6) is -0.478. The minimum absolute atomic E-state index is 0.0276. The molecule has 2 rings (SSSR count). The second-order valence-corrected chi connectivity index (χ2v) is 7.28. The van der Waals surface area contributed by atoms with Crippen molar-refractivity contribution in [3.63, 3.8) is 0 Å².